The minimum atomic E-state index is 0.231. The highest BCUT2D eigenvalue weighted by atomic mass is 32.1. The molecular formula is C10H13NS. The third-order valence-corrected chi connectivity index (χ3v) is 3.68. The number of hydrogen-bond acceptors (Lipinski definition) is 2. The molecule has 2 rings (SSSR count). The minimum absolute atomic E-state index is 0.231. The molecule has 0 saturated heterocycles. The van der Waals surface area contributed by atoms with Crippen LogP contribution in [0.3, 0.4) is 0 Å². The molecule has 1 aromatic heterocycles. The first kappa shape index (κ1) is 8.02. The van der Waals surface area contributed by atoms with E-state index in [4.69, 9.17) is 5.73 Å². The second kappa shape index (κ2) is 2.71. The normalized spacial score (nSPS) is 21.1. The molecule has 1 unspecified atom stereocenters. The van der Waals surface area contributed by atoms with Gasteiger partial charge in [-0.2, -0.15) is 0 Å². The molecule has 0 radical (unpaired) electrons. The maximum Gasteiger partial charge on any atom is 0.0347 e. The number of nitrogens with two attached hydrogens (primary N) is 1. The van der Waals surface area contributed by atoms with E-state index in [0.717, 1.165) is 6.42 Å². The molecule has 1 aliphatic rings. The lowest BCUT2D eigenvalue weighted by Crippen LogP contribution is -2.12. The second-order valence-corrected chi connectivity index (χ2v) is 4.56. The van der Waals surface area contributed by atoms with Crippen LogP contribution in [0.2, 0.25) is 0 Å². The highest BCUT2D eigenvalue weighted by Gasteiger charge is 2.18. The minimum Gasteiger partial charge on any atom is -0.324 e. The second-order valence-electron chi connectivity index (χ2n) is 3.31. The summed E-state index contributed by atoms with van der Waals surface area (Å²) in [5.74, 6) is 0. The molecule has 1 aliphatic carbocycles. The average Bonchev–Trinajstić information content (AvgIpc) is 2.29. The Balaban J connectivity index is 2.62. The molecule has 1 aromatic rings. The van der Waals surface area contributed by atoms with E-state index in [1.54, 1.807) is 0 Å². The molecule has 0 saturated carbocycles. The van der Waals surface area contributed by atoms with Gasteiger partial charge in [-0.15, -0.1) is 11.3 Å². The number of rotatable bonds is 0. The fourth-order valence-corrected chi connectivity index (χ4v) is 2.87. The fraction of sp³-hybridized carbons (Fsp3) is 0.400. The van der Waals surface area contributed by atoms with Crippen LogP contribution in [0.1, 0.15) is 33.3 Å². The summed E-state index contributed by atoms with van der Waals surface area (Å²) in [6.45, 7) is 4.34. The van der Waals surface area contributed by atoms with Gasteiger partial charge in [0.25, 0.3) is 0 Å². The number of aryl methyl sites for hydroxylation is 1. The molecule has 0 spiro atoms. The lowest BCUT2D eigenvalue weighted by molar-refractivity contribution is 0.731. The van der Waals surface area contributed by atoms with Crippen molar-refractivity contribution < 1.29 is 0 Å². The molecule has 1 heterocycles. The van der Waals surface area contributed by atoms with Gasteiger partial charge in [-0.25, -0.2) is 0 Å². The molecule has 0 amide bonds. The van der Waals surface area contributed by atoms with Crippen LogP contribution in [-0.4, -0.2) is 0 Å². The van der Waals surface area contributed by atoms with E-state index >= 15 is 0 Å². The molecule has 2 heteroatoms. The summed E-state index contributed by atoms with van der Waals surface area (Å²) in [6, 6.07) is 0.231. The van der Waals surface area contributed by atoms with Gasteiger partial charge in [-0.1, -0.05) is 6.08 Å². The van der Waals surface area contributed by atoms with Crippen LogP contribution < -0.4 is 5.73 Å². The van der Waals surface area contributed by atoms with Crippen LogP contribution in [0, 0.1) is 13.8 Å². The summed E-state index contributed by atoms with van der Waals surface area (Å²) in [5, 5.41) is 0. The monoisotopic (exact) mass is 179 g/mol. The van der Waals surface area contributed by atoms with Crippen molar-refractivity contribution in [1.82, 2.24) is 0 Å². The first-order valence-electron chi connectivity index (χ1n) is 4.22. The Morgan fingerprint density at radius 1 is 1.50 bits per heavy atom. The van der Waals surface area contributed by atoms with Gasteiger partial charge >= 0.3 is 0 Å². The van der Waals surface area contributed by atoms with Crippen molar-refractivity contribution in [3.05, 3.63) is 27.0 Å². The summed E-state index contributed by atoms with van der Waals surface area (Å²) in [5.41, 5.74) is 8.79. The smallest absolute Gasteiger partial charge is 0.0347 e. The number of hydrogen-bond donors (Lipinski definition) is 1. The third kappa shape index (κ3) is 1.03. The van der Waals surface area contributed by atoms with Crippen LogP contribution in [0.4, 0.5) is 0 Å². The van der Waals surface area contributed by atoms with Crippen molar-refractivity contribution >= 4 is 17.4 Å². The Hall–Kier alpha value is -0.600. The molecule has 0 fully saturated rings. The van der Waals surface area contributed by atoms with Crippen molar-refractivity contribution in [2.75, 3.05) is 0 Å². The van der Waals surface area contributed by atoms with Crippen molar-refractivity contribution in [3.63, 3.8) is 0 Å². The van der Waals surface area contributed by atoms with Crippen molar-refractivity contribution in [3.8, 4) is 0 Å². The average molecular weight is 179 g/mol. The van der Waals surface area contributed by atoms with Crippen LogP contribution in [0.5, 0.6) is 0 Å². The van der Waals surface area contributed by atoms with E-state index in [-0.39, 0.29) is 6.04 Å². The summed E-state index contributed by atoms with van der Waals surface area (Å²) in [4.78, 5) is 2.77. The zero-order valence-electron chi connectivity index (χ0n) is 7.42. The first-order valence-corrected chi connectivity index (χ1v) is 5.04. The molecule has 0 aliphatic heterocycles. The van der Waals surface area contributed by atoms with Gasteiger partial charge < -0.3 is 5.73 Å². The maximum absolute atomic E-state index is 6.02. The lowest BCUT2D eigenvalue weighted by Gasteiger charge is -2.14. The number of fused-ring (bicyclic) bond motifs is 1. The SMILES string of the molecule is Cc1sc2c(c1C)C(N)CC=C2. The Morgan fingerprint density at radius 2 is 2.25 bits per heavy atom. The third-order valence-electron chi connectivity index (χ3n) is 2.49. The Morgan fingerprint density at radius 3 is 2.92 bits per heavy atom. The van der Waals surface area contributed by atoms with Gasteiger partial charge in [0, 0.05) is 15.8 Å². The zero-order valence-corrected chi connectivity index (χ0v) is 8.24. The van der Waals surface area contributed by atoms with Gasteiger partial charge in [0.15, 0.2) is 0 Å². The summed E-state index contributed by atoms with van der Waals surface area (Å²) in [7, 11) is 0. The first-order chi connectivity index (χ1) is 5.70. The molecule has 12 heavy (non-hydrogen) atoms. The largest absolute Gasteiger partial charge is 0.324 e. The molecule has 0 aromatic carbocycles. The van der Waals surface area contributed by atoms with E-state index in [9.17, 15) is 0 Å². The predicted molar refractivity (Wildman–Crippen MR) is 54.4 cm³/mol. The molecule has 2 N–H and O–H groups in total. The predicted octanol–water partition coefficient (Wildman–Crippen LogP) is 2.78. The molecule has 0 bridgehead atoms. The molecular weight excluding hydrogens is 166 g/mol. The Bertz CT molecular complexity index is 336. The quantitative estimate of drug-likeness (QED) is 0.651. The van der Waals surface area contributed by atoms with E-state index in [2.05, 4.69) is 26.0 Å². The molecule has 64 valence electrons. The van der Waals surface area contributed by atoms with Gasteiger partial charge in [-0.05, 0) is 37.5 Å². The van der Waals surface area contributed by atoms with E-state index in [1.807, 2.05) is 11.3 Å². The lowest BCUT2D eigenvalue weighted by atomic mass is 9.96. The van der Waals surface area contributed by atoms with E-state index in [1.165, 1.54) is 20.9 Å². The maximum atomic E-state index is 6.02. The topological polar surface area (TPSA) is 26.0 Å². The standard InChI is InChI=1S/C10H13NS/c1-6-7(2)12-9-5-3-4-8(11)10(6)9/h3,5,8H,4,11H2,1-2H3. The van der Waals surface area contributed by atoms with E-state index in [0.29, 0.717) is 0 Å². The van der Waals surface area contributed by atoms with Crippen LogP contribution >= 0.6 is 11.3 Å². The molecule has 1 atom stereocenters. The van der Waals surface area contributed by atoms with Crippen molar-refractivity contribution in [2.45, 2.75) is 26.3 Å². The highest BCUT2D eigenvalue weighted by molar-refractivity contribution is 7.13. The Kier molecular flexibility index (Phi) is 1.81. The summed E-state index contributed by atoms with van der Waals surface area (Å²) >= 11 is 1.85. The van der Waals surface area contributed by atoms with Gasteiger partial charge in [0.1, 0.15) is 0 Å². The van der Waals surface area contributed by atoms with E-state index < -0.39 is 0 Å². The summed E-state index contributed by atoms with van der Waals surface area (Å²) < 4.78 is 0. The van der Waals surface area contributed by atoms with Gasteiger partial charge in [0.2, 0.25) is 0 Å². The Labute approximate surface area is 76.9 Å². The zero-order chi connectivity index (χ0) is 8.72. The van der Waals surface area contributed by atoms with Gasteiger partial charge in [-0.3, -0.25) is 0 Å². The fourth-order valence-electron chi connectivity index (χ4n) is 1.70. The molecule has 1 nitrogen and oxygen atoms in total. The highest BCUT2D eigenvalue weighted by Crippen LogP contribution is 2.36. The summed E-state index contributed by atoms with van der Waals surface area (Å²) in [6.07, 6.45) is 5.36. The van der Waals surface area contributed by atoms with Crippen LogP contribution in [-0.2, 0) is 0 Å². The van der Waals surface area contributed by atoms with Crippen LogP contribution in [0.25, 0.3) is 6.08 Å². The van der Waals surface area contributed by atoms with Crippen LogP contribution in [0.15, 0.2) is 6.08 Å². The van der Waals surface area contributed by atoms with Crippen molar-refractivity contribution in [2.24, 2.45) is 5.73 Å². The number of thiophene rings is 1. The van der Waals surface area contributed by atoms with Crippen molar-refractivity contribution in [1.29, 1.82) is 0 Å². The van der Waals surface area contributed by atoms with Gasteiger partial charge in [0.05, 0.1) is 0 Å².